The number of carboxylic acids is 1. The Morgan fingerprint density at radius 1 is 1.36 bits per heavy atom. The number of carbonyl (C=O) groups excluding carboxylic acids is 1. The summed E-state index contributed by atoms with van der Waals surface area (Å²) in [4.78, 5) is 21.2. The maximum atomic E-state index is 10.7. The highest BCUT2D eigenvalue weighted by molar-refractivity contribution is 5.72. The average molecular weight is 200 g/mol. The maximum absolute atomic E-state index is 10.7. The fourth-order valence-electron chi connectivity index (χ4n) is 2.05. The van der Waals surface area contributed by atoms with Gasteiger partial charge in [0.1, 0.15) is 0 Å². The van der Waals surface area contributed by atoms with E-state index in [4.69, 9.17) is 10.8 Å². The molecule has 0 aliphatic heterocycles. The highest BCUT2D eigenvalue weighted by Crippen LogP contribution is 2.26. The van der Waals surface area contributed by atoms with Crippen LogP contribution in [-0.2, 0) is 4.79 Å². The quantitative estimate of drug-likeness (QED) is 0.625. The van der Waals surface area contributed by atoms with E-state index in [0.717, 1.165) is 25.7 Å². The van der Waals surface area contributed by atoms with Crippen molar-refractivity contribution in [1.82, 2.24) is 5.32 Å². The second-order valence-electron chi connectivity index (χ2n) is 3.76. The number of urea groups is 1. The summed E-state index contributed by atoms with van der Waals surface area (Å²) in [5.74, 6) is -0.776. The molecule has 2 unspecified atom stereocenters. The van der Waals surface area contributed by atoms with Crippen molar-refractivity contribution in [2.75, 3.05) is 0 Å². The standard InChI is InChI=1S/C9H16N2O3/c10-9(14)11-7-4-2-1-3-6(7)5-8(12)13/h6-7H,1-5H2,(H,12,13)(H3,10,11,14). The summed E-state index contributed by atoms with van der Waals surface area (Å²) >= 11 is 0. The lowest BCUT2D eigenvalue weighted by Gasteiger charge is -2.30. The van der Waals surface area contributed by atoms with Gasteiger partial charge in [-0.15, -0.1) is 0 Å². The smallest absolute Gasteiger partial charge is 0.312 e. The maximum Gasteiger partial charge on any atom is 0.312 e. The third kappa shape index (κ3) is 3.24. The van der Waals surface area contributed by atoms with Crippen LogP contribution in [0.4, 0.5) is 4.79 Å². The van der Waals surface area contributed by atoms with Gasteiger partial charge >= 0.3 is 12.0 Å². The van der Waals surface area contributed by atoms with Gasteiger partial charge in [0.25, 0.3) is 0 Å². The summed E-state index contributed by atoms with van der Waals surface area (Å²) in [7, 11) is 0. The Kier molecular flexibility index (Phi) is 3.73. The molecule has 1 fully saturated rings. The van der Waals surface area contributed by atoms with Crippen LogP contribution in [0.5, 0.6) is 0 Å². The molecule has 0 aromatic carbocycles. The molecule has 4 N–H and O–H groups in total. The molecular formula is C9H16N2O3. The first kappa shape index (κ1) is 10.8. The van der Waals surface area contributed by atoms with E-state index in [1.807, 2.05) is 0 Å². The third-order valence-electron chi connectivity index (χ3n) is 2.67. The minimum atomic E-state index is -0.812. The Morgan fingerprint density at radius 2 is 2.00 bits per heavy atom. The number of nitrogens with two attached hydrogens (primary N) is 1. The number of amides is 2. The number of rotatable bonds is 3. The minimum Gasteiger partial charge on any atom is -0.481 e. The van der Waals surface area contributed by atoms with Crippen molar-refractivity contribution in [3.8, 4) is 0 Å². The first-order valence-electron chi connectivity index (χ1n) is 4.87. The van der Waals surface area contributed by atoms with Crippen LogP contribution in [0.2, 0.25) is 0 Å². The second kappa shape index (κ2) is 4.83. The predicted octanol–water partition coefficient (Wildman–Crippen LogP) is 0.688. The van der Waals surface area contributed by atoms with Crippen LogP contribution < -0.4 is 11.1 Å². The number of carbonyl (C=O) groups is 2. The van der Waals surface area contributed by atoms with E-state index >= 15 is 0 Å². The van der Waals surface area contributed by atoms with Crippen LogP contribution >= 0.6 is 0 Å². The largest absolute Gasteiger partial charge is 0.481 e. The fraction of sp³-hybridized carbons (Fsp3) is 0.778. The van der Waals surface area contributed by atoms with Crippen molar-refractivity contribution in [1.29, 1.82) is 0 Å². The van der Waals surface area contributed by atoms with Gasteiger partial charge < -0.3 is 16.2 Å². The SMILES string of the molecule is NC(=O)NC1CCCCC1CC(=O)O. The molecule has 1 saturated carbocycles. The molecule has 2 atom stereocenters. The number of carboxylic acid groups (broad SMARTS) is 1. The van der Waals surface area contributed by atoms with E-state index in [1.54, 1.807) is 0 Å². The Labute approximate surface area is 82.7 Å². The van der Waals surface area contributed by atoms with Crippen molar-refractivity contribution in [3.63, 3.8) is 0 Å². The highest BCUT2D eigenvalue weighted by atomic mass is 16.4. The predicted molar refractivity (Wildman–Crippen MR) is 50.7 cm³/mol. The van der Waals surface area contributed by atoms with Crippen molar-refractivity contribution in [3.05, 3.63) is 0 Å². The van der Waals surface area contributed by atoms with Crippen LogP contribution in [-0.4, -0.2) is 23.1 Å². The second-order valence-corrected chi connectivity index (χ2v) is 3.76. The number of primary amides is 1. The van der Waals surface area contributed by atoms with Crippen molar-refractivity contribution < 1.29 is 14.7 Å². The number of hydrogen-bond donors (Lipinski definition) is 3. The van der Waals surface area contributed by atoms with Gasteiger partial charge in [0, 0.05) is 6.04 Å². The van der Waals surface area contributed by atoms with Gasteiger partial charge in [-0.05, 0) is 18.8 Å². The molecule has 2 amide bonds. The topological polar surface area (TPSA) is 92.4 Å². The van der Waals surface area contributed by atoms with E-state index < -0.39 is 12.0 Å². The summed E-state index contributed by atoms with van der Waals surface area (Å²) in [6, 6.07) is -0.621. The summed E-state index contributed by atoms with van der Waals surface area (Å²) in [6.45, 7) is 0. The molecule has 0 aromatic rings. The average Bonchev–Trinajstić information content (AvgIpc) is 2.06. The molecule has 1 aliphatic carbocycles. The Bertz CT molecular complexity index is 206. The van der Waals surface area contributed by atoms with Crippen LogP contribution in [0.3, 0.4) is 0 Å². The van der Waals surface area contributed by atoms with Gasteiger partial charge in [-0.2, -0.15) is 0 Å². The minimum absolute atomic E-state index is 0.0359. The Hall–Kier alpha value is -1.26. The van der Waals surface area contributed by atoms with Gasteiger partial charge in [0.05, 0.1) is 6.42 Å². The van der Waals surface area contributed by atoms with Crippen LogP contribution in [0.25, 0.3) is 0 Å². The number of aliphatic carboxylic acids is 1. The van der Waals surface area contributed by atoms with Crippen molar-refractivity contribution >= 4 is 12.0 Å². The van der Waals surface area contributed by atoms with E-state index in [2.05, 4.69) is 5.32 Å². The molecule has 0 radical (unpaired) electrons. The molecule has 1 aliphatic rings. The molecule has 5 nitrogen and oxygen atoms in total. The molecule has 0 heterocycles. The first-order chi connectivity index (χ1) is 6.59. The lowest BCUT2D eigenvalue weighted by molar-refractivity contribution is -0.138. The van der Waals surface area contributed by atoms with E-state index in [9.17, 15) is 9.59 Å². The van der Waals surface area contributed by atoms with Crippen molar-refractivity contribution in [2.24, 2.45) is 11.7 Å². The van der Waals surface area contributed by atoms with Gasteiger partial charge in [0.15, 0.2) is 0 Å². The van der Waals surface area contributed by atoms with Gasteiger partial charge in [0.2, 0.25) is 0 Å². The number of hydrogen-bond acceptors (Lipinski definition) is 2. The zero-order valence-corrected chi connectivity index (χ0v) is 8.03. The zero-order valence-electron chi connectivity index (χ0n) is 8.03. The van der Waals surface area contributed by atoms with Gasteiger partial charge in [-0.3, -0.25) is 4.79 Å². The molecule has 0 spiro atoms. The molecule has 1 rings (SSSR count). The van der Waals surface area contributed by atoms with Gasteiger partial charge in [-0.25, -0.2) is 4.79 Å². The molecule has 14 heavy (non-hydrogen) atoms. The van der Waals surface area contributed by atoms with E-state index in [1.165, 1.54) is 0 Å². The van der Waals surface area contributed by atoms with Crippen LogP contribution in [0.15, 0.2) is 0 Å². The van der Waals surface area contributed by atoms with Crippen LogP contribution in [0, 0.1) is 5.92 Å². The summed E-state index contributed by atoms with van der Waals surface area (Å²) in [5, 5.41) is 11.3. The van der Waals surface area contributed by atoms with Crippen molar-refractivity contribution in [2.45, 2.75) is 38.1 Å². The van der Waals surface area contributed by atoms with Gasteiger partial charge in [-0.1, -0.05) is 12.8 Å². The molecule has 0 saturated heterocycles. The summed E-state index contributed by atoms with van der Waals surface area (Å²) < 4.78 is 0. The third-order valence-corrected chi connectivity index (χ3v) is 2.67. The normalized spacial score (nSPS) is 26.9. The lowest BCUT2D eigenvalue weighted by atomic mass is 9.82. The first-order valence-corrected chi connectivity index (χ1v) is 4.87. The molecular weight excluding hydrogens is 184 g/mol. The Morgan fingerprint density at radius 3 is 2.57 bits per heavy atom. The Balaban J connectivity index is 2.49. The summed E-state index contributed by atoms with van der Waals surface area (Å²) in [5.41, 5.74) is 5.02. The molecule has 0 aromatic heterocycles. The lowest BCUT2D eigenvalue weighted by Crippen LogP contribution is -2.45. The molecule has 80 valence electrons. The molecule has 0 bridgehead atoms. The van der Waals surface area contributed by atoms with Crippen LogP contribution in [0.1, 0.15) is 32.1 Å². The monoisotopic (exact) mass is 200 g/mol. The summed E-state index contributed by atoms with van der Waals surface area (Å²) in [6.07, 6.45) is 3.87. The number of nitrogens with one attached hydrogen (secondary N) is 1. The fourth-order valence-corrected chi connectivity index (χ4v) is 2.05. The zero-order chi connectivity index (χ0) is 10.6. The highest BCUT2D eigenvalue weighted by Gasteiger charge is 2.27. The molecule has 5 heteroatoms. The van der Waals surface area contributed by atoms with E-state index in [0.29, 0.717) is 0 Å². The van der Waals surface area contributed by atoms with E-state index in [-0.39, 0.29) is 18.4 Å².